The third kappa shape index (κ3) is 3.75. The van der Waals surface area contributed by atoms with Gasteiger partial charge in [0.15, 0.2) is 0 Å². The molecule has 2 rings (SSSR count). The monoisotopic (exact) mass is 309 g/mol. The average molecular weight is 310 g/mol. The van der Waals surface area contributed by atoms with E-state index in [-0.39, 0.29) is 5.82 Å². The van der Waals surface area contributed by atoms with E-state index < -0.39 is 0 Å². The van der Waals surface area contributed by atoms with Crippen LogP contribution in [0.5, 0.6) is 0 Å². The molecule has 0 aliphatic heterocycles. The average Bonchev–Trinajstić information content (AvgIpc) is 2.46. The minimum Gasteiger partial charge on any atom is -0.313 e. The molecule has 2 aromatic carbocycles. The maximum Gasteiger partial charge on any atom is 0.128 e. The molecular weight excluding hydrogens is 293 g/mol. The molecular formula is C16H17ClFNS. The fourth-order valence-corrected chi connectivity index (χ4v) is 3.17. The molecule has 1 unspecified atom stereocenters. The molecule has 0 aliphatic carbocycles. The van der Waals surface area contributed by atoms with Gasteiger partial charge in [-0.25, -0.2) is 4.39 Å². The van der Waals surface area contributed by atoms with Crippen LogP contribution in [0.25, 0.3) is 0 Å². The van der Waals surface area contributed by atoms with E-state index in [9.17, 15) is 4.39 Å². The lowest BCUT2D eigenvalue weighted by molar-refractivity contribution is 0.617. The van der Waals surface area contributed by atoms with Crippen LogP contribution in [0.2, 0.25) is 5.02 Å². The van der Waals surface area contributed by atoms with Crippen LogP contribution < -0.4 is 5.32 Å². The highest BCUT2D eigenvalue weighted by atomic mass is 35.5. The summed E-state index contributed by atoms with van der Waals surface area (Å²) in [5, 5.41) is 3.69. The van der Waals surface area contributed by atoms with Crippen LogP contribution in [0.3, 0.4) is 0 Å². The zero-order valence-electron chi connectivity index (χ0n) is 11.5. The van der Waals surface area contributed by atoms with Gasteiger partial charge in [0.05, 0.1) is 0 Å². The first-order chi connectivity index (χ1) is 9.61. The Morgan fingerprint density at radius 2 is 2.00 bits per heavy atom. The van der Waals surface area contributed by atoms with Crippen molar-refractivity contribution in [3.63, 3.8) is 0 Å². The molecule has 0 radical (unpaired) electrons. The molecule has 0 bridgehead atoms. The van der Waals surface area contributed by atoms with Gasteiger partial charge in [-0.05, 0) is 43.8 Å². The Kier molecular flexibility index (Phi) is 5.46. The van der Waals surface area contributed by atoms with Crippen molar-refractivity contribution in [1.29, 1.82) is 0 Å². The fraction of sp³-hybridized carbons (Fsp3) is 0.250. The quantitative estimate of drug-likeness (QED) is 0.775. The summed E-state index contributed by atoms with van der Waals surface area (Å²) in [7, 11) is 1.93. The van der Waals surface area contributed by atoms with E-state index >= 15 is 0 Å². The van der Waals surface area contributed by atoms with Crippen LogP contribution in [-0.2, 0) is 5.75 Å². The molecule has 20 heavy (non-hydrogen) atoms. The molecule has 0 aliphatic rings. The summed E-state index contributed by atoms with van der Waals surface area (Å²) in [6.45, 7) is 2.11. The number of nitrogens with one attached hydrogen (secondary N) is 1. The van der Waals surface area contributed by atoms with E-state index in [1.54, 1.807) is 23.9 Å². The standard InChI is InChI=1S/C16H17ClFNS/c1-11(19-2)12-5-3-6-13(9-12)20-10-14-15(17)7-4-8-16(14)18/h3-9,11,19H,10H2,1-2H3. The Labute approximate surface area is 128 Å². The molecule has 0 saturated carbocycles. The summed E-state index contributed by atoms with van der Waals surface area (Å²) in [6.07, 6.45) is 0. The van der Waals surface area contributed by atoms with E-state index in [2.05, 4.69) is 24.4 Å². The predicted molar refractivity (Wildman–Crippen MR) is 84.9 cm³/mol. The number of halogens is 2. The number of rotatable bonds is 5. The van der Waals surface area contributed by atoms with Crippen LogP contribution >= 0.6 is 23.4 Å². The lowest BCUT2D eigenvalue weighted by Crippen LogP contribution is -2.11. The van der Waals surface area contributed by atoms with Crippen molar-refractivity contribution < 1.29 is 4.39 Å². The molecule has 2 aromatic rings. The molecule has 0 spiro atoms. The predicted octanol–water partition coefficient (Wildman–Crippen LogP) is 5.05. The van der Waals surface area contributed by atoms with Crippen LogP contribution in [0.4, 0.5) is 4.39 Å². The van der Waals surface area contributed by atoms with Crippen LogP contribution in [0, 0.1) is 5.82 Å². The molecule has 1 atom stereocenters. The zero-order chi connectivity index (χ0) is 14.5. The number of hydrogen-bond acceptors (Lipinski definition) is 2. The van der Waals surface area contributed by atoms with Gasteiger partial charge in [-0.1, -0.05) is 29.8 Å². The van der Waals surface area contributed by atoms with Crippen molar-refractivity contribution in [3.8, 4) is 0 Å². The summed E-state index contributed by atoms with van der Waals surface area (Å²) in [6, 6.07) is 13.4. The number of hydrogen-bond donors (Lipinski definition) is 1. The molecule has 0 heterocycles. The van der Waals surface area contributed by atoms with E-state index in [0.717, 1.165) is 4.90 Å². The van der Waals surface area contributed by atoms with Gasteiger partial charge in [0.1, 0.15) is 5.82 Å². The minimum atomic E-state index is -0.246. The Balaban J connectivity index is 2.11. The van der Waals surface area contributed by atoms with Gasteiger partial charge in [0.2, 0.25) is 0 Å². The maximum atomic E-state index is 13.7. The van der Waals surface area contributed by atoms with Crippen molar-refractivity contribution in [2.45, 2.75) is 23.6 Å². The molecule has 0 fully saturated rings. The summed E-state index contributed by atoms with van der Waals surface area (Å²) in [5.41, 5.74) is 1.78. The lowest BCUT2D eigenvalue weighted by Gasteiger charge is -2.12. The van der Waals surface area contributed by atoms with Gasteiger partial charge in [-0.2, -0.15) is 0 Å². The Bertz CT molecular complexity index is 568. The largest absolute Gasteiger partial charge is 0.313 e. The highest BCUT2D eigenvalue weighted by molar-refractivity contribution is 7.98. The first kappa shape index (κ1) is 15.4. The van der Waals surface area contributed by atoms with Gasteiger partial charge >= 0.3 is 0 Å². The van der Waals surface area contributed by atoms with E-state index in [1.807, 2.05) is 19.2 Å². The number of benzene rings is 2. The van der Waals surface area contributed by atoms with E-state index in [1.165, 1.54) is 11.6 Å². The van der Waals surface area contributed by atoms with Crippen molar-refractivity contribution in [2.24, 2.45) is 0 Å². The molecule has 1 nitrogen and oxygen atoms in total. The smallest absolute Gasteiger partial charge is 0.128 e. The minimum absolute atomic E-state index is 0.246. The molecule has 1 N–H and O–H groups in total. The second kappa shape index (κ2) is 7.11. The molecule has 4 heteroatoms. The molecule has 0 aromatic heterocycles. The summed E-state index contributed by atoms with van der Waals surface area (Å²) >= 11 is 7.63. The van der Waals surface area contributed by atoms with Gasteiger partial charge in [0, 0.05) is 27.3 Å². The third-order valence-electron chi connectivity index (χ3n) is 3.24. The molecule has 0 amide bonds. The second-order valence-corrected chi connectivity index (χ2v) is 6.03. The SMILES string of the molecule is CNC(C)c1cccc(SCc2c(F)cccc2Cl)c1. The van der Waals surface area contributed by atoms with Crippen molar-refractivity contribution >= 4 is 23.4 Å². The Hall–Kier alpha value is -1.03. The topological polar surface area (TPSA) is 12.0 Å². The highest BCUT2D eigenvalue weighted by Crippen LogP contribution is 2.29. The van der Waals surface area contributed by atoms with Crippen molar-refractivity contribution in [1.82, 2.24) is 5.32 Å². The molecule has 106 valence electrons. The molecule has 0 saturated heterocycles. The van der Waals surface area contributed by atoms with Gasteiger partial charge in [-0.3, -0.25) is 0 Å². The highest BCUT2D eigenvalue weighted by Gasteiger charge is 2.08. The van der Waals surface area contributed by atoms with Crippen LogP contribution in [0.15, 0.2) is 47.4 Å². The summed E-state index contributed by atoms with van der Waals surface area (Å²) in [4.78, 5) is 1.11. The first-order valence-corrected chi connectivity index (χ1v) is 7.81. The zero-order valence-corrected chi connectivity index (χ0v) is 13.1. The lowest BCUT2D eigenvalue weighted by atomic mass is 10.1. The number of thioether (sulfide) groups is 1. The van der Waals surface area contributed by atoms with Gasteiger partial charge < -0.3 is 5.32 Å². The maximum absolute atomic E-state index is 13.7. The van der Waals surface area contributed by atoms with Crippen molar-refractivity contribution in [3.05, 3.63) is 64.4 Å². The van der Waals surface area contributed by atoms with Crippen LogP contribution in [-0.4, -0.2) is 7.05 Å². The summed E-state index contributed by atoms with van der Waals surface area (Å²) in [5.74, 6) is 0.285. The van der Waals surface area contributed by atoms with Gasteiger partial charge in [-0.15, -0.1) is 11.8 Å². The van der Waals surface area contributed by atoms with Crippen molar-refractivity contribution in [2.75, 3.05) is 7.05 Å². The first-order valence-electron chi connectivity index (χ1n) is 6.44. The van der Waals surface area contributed by atoms with Gasteiger partial charge in [0.25, 0.3) is 0 Å². The normalized spacial score (nSPS) is 12.4. The summed E-state index contributed by atoms with van der Waals surface area (Å²) < 4.78 is 13.7. The van der Waals surface area contributed by atoms with E-state index in [0.29, 0.717) is 22.4 Å². The van der Waals surface area contributed by atoms with Crippen LogP contribution in [0.1, 0.15) is 24.1 Å². The second-order valence-electron chi connectivity index (χ2n) is 4.57. The Morgan fingerprint density at radius 3 is 2.70 bits per heavy atom. The fourth-order valence-electron chi connectivity index (χ4n) is 1.87. The Morgan fingerprint density at radius 1 is 1.25 bits per heavy atom. The van der Waals surface area contributed by atoms with E-state index in [4.69, 9.17) is 11.6 Å². The third-order valence-corrected chi connectivity index (χ3v) is 4.61.